The Labute approximate surface area is 349 Å². The van der Waals surface area contributed by atoms with Crippen LogP contribution in [0, 0.1) is 23.2 Å². The predicted molar refractivity (Wildman–Crippen MR) is 217 cm³/mol. The average Bonchev–Trinajstić information content (AvgIpc) is 3.74. The number of hydrogen-bond acceptors (Lipinski definition) is 10. The second kappa shape index (κ2) is 15.6. The predicted octanol–water partition coefficient (Wildman–Crippen LogP) is 6.30. The molecule has 2 saturated carbocycles. The molecule has 2 aromatic heterocycles. The van der Waals surface area contributed by atoms with Crippen LogP contribution >= 0.6 is 0 Å². The van der Waals surface area contributed by atoms with Gasteiger partial charge in [0, 0.05) is 55.9 Å². The molecule has 2 saturated heterocycles. The zero-order chi connectivity index (χ0) is 42.8. The van der Waals surface area contributed by atoms with E-state index < -0.39 is 47.4 Å². The van der Waals surface area contributed by atoms with Crippen molar-refractivity contribution in [3.63, 3.8) is 0 Å². The Morgan fingerprint density at radius 2 is 1.74 bits per heavy atom. The molecule has 5 heterocycles. The molecule has 0 radical (unpaired) electrons. The SMILES string of the molecule is COc1cc2nn(C3CCC(CN4CC5(CC([C@H](C)CNc6cccc7c6C(=O)N(C6CCC(=O)NC6=O)C7=O)C5)C4)CC3)cc2cc1NC(=O)c1cccc(C(F)(F)F)n1. The Morgan fingerprint density at radius 1 is 0.984 bits per heavy atom. The van der Waals surface area contributed by atoms with Gasteiger partial charge < -0.3 is 20.3 Å². The minimum Gasteiger partial charge on any atom is -0.494 e. The summed E-state index contributed by atoms with van der Waals surface area (Å²) in [4.78, 5) is 70.9. The van der Waals surface area contributed by atoms with Crippen molar-refractivity contribution in [2.45, 2.75) is 76.6 Å². The van der Waals surface area contributed by atoms with Crippen molar-refractivity contribution >= 4 is 51.8 Å². The van der Waals surface area contributed by atoms with Gasteiger partial charge in [-0.05, 0) is 98.4 Å². The van der Waals surface area contributed by atoms with Gasteiger partial charge in [0.15, 0.2) is 0 Å². The maximum Gasteiger partial charge on any atom is 0.433 e. The molecule has 5 amide bonds. The molecule has 2 aliphatic carbocycles. The molecule has 5 aliphatic rings. The van der Waals surface area contributed by atoms with Crippen molar-refractivity contribution in [3.05, 3.63) is 77.2 Å². The first-order chi connectivity index (χ1) is 29.2. The molecular weight excluding hydrogens is 794 g/mol. The van der Waals surface area contributed by atoms with Crippen molar-refractivity contribution in [1.82, 2.24) is 29.9 Å². The van der Waals surface area contributed by atoms with E-state index in [1.807, 2.05) is 10.9 Å². The summed E-state index contributed by atoms with van der Waals surface area (Å²) >= 11 is 0. The van der Waals surface area contributed by atoms with Crippen molar-refractivity contribution < 1.29 is 41.9 Å². The van der Waals surface area contributed by atoms with Crippen LogP contribution in [0.25, 0.3) is 10.9 Å². The number of nitrogens with zero attached hydrogens (tertiary/aromatic N) is 5. The lowest BCUT2D eigenvalue weighted by Crippen LogP contribution is -2.63. The first-order valence-corrected chi connectivity index (χ1v) is 20.9. The van der Waals surface area contributed by atoms with E-state index in [4.69, 9.17) is 9.84 Å². The summed E-state index contributed by atoms with van der Waals surface area (Å²) in [5, 5.41) is 13.9. The molecule has 1 unspecified atom stereocenters. The quantitative estimate of drug-likeness (QED) is 0.146. The van der Waals surface area contributed by atoms with E-state index in [1.54, 1.807) is 30.3 Å². The number of fused-ring (bicyclic) bond motifs is 2. The van der Waals surface area contributed by atoms with E-state index in [1.165, 1.54) is 13.2 Å². The third-order valence-electron chi connectivity index (χ3n) is 13.5. The highest BCUT2D eigenvalue weighted by Crippen LogP contribution is 2.55. The zero-order valence-corrected chi connectivity index (χ0v) is 33.9. The minimum atomic E-state index is -4.67. The number of hydrogen-bond donors (Lipinski definition) is 3. The van der Waals surface area contributed by atoms with Gasteiger partial charge in [0.2, 0.25) is 11.8 Å². The van der Waals surface area contributed by atoms with Crippen LogP contribution in [0.4, 0.5) is 24.5 Å². The maximum atomic E-state index is 13.5. The highest BCUT2D eigenvalue weighted by Gasteiger charge is 2.53. The molecule has 4 fully saturated rings. The summed E-state index contributed by atoms with van der Waals surface area (Å²) in [5.74, 6) is -0.960. The number of pyridine rings is 1. The van der Waals surface area contributed by atoms with Crippen molar-refractivity contribution in [1.29, 1.82) is 0 Å². The molecule has 61 heavy (non-hydrogen) atoms. The number of likely N-dealkylation sites (tertiary alicyclic amines) is 1. The van der Waals surface area contributed by atoms with Crippen LogP contribution in [-0.2, 0) is 15.8 Å². The highest BCUT2D eigenvalue weighted by atomic mass is 19.4. The number of rotatable bonds is 11. The number of imide groups is 2. The molecule has 3 N–H and O–H groups in total. The van der Waals surface area contributed by atoms with E-state index in [2.05, 4.69) is 32.8 Å². The summed E-state index contributed by atoms with van der Waals surface area (Å²) in [5.41, 5.74) is 1.02. The van der Waals surface area contributed by atoms with Crippen LogP contribution in [0.15, 0.2) is 54.7 Å². The van der Waals surface area contributed by atoms with Crippen LogP contribution in [0.3, 0.4) is 0 Å². The van der Waals surface area contributed by atoms with Crippen LogP contribution in [0.1, 0.15) is 101 Å². The van der Waals surface area contributed by atoms with Gasteiger partial charge in [-0.3, -0.25) is 38.9 Å². The number of piperidine rings is 1. The minimum absolute atomic E-state index is 0.0760. The number of halogens is 3. The Morgan fingerprint density at radius 3 is 2.46 bits per heavy atom. The monoisotopic (exact) mass is 840 g/mol. The third-order valence-corrected chi connectivity index (χ3v) is 13.5. The second-order valence-corrected chi connectivity index (χ2v) is 17.6. The Hall–Kier alpha value is -5.84. The molecule has 9 rings (SSSR count). The van der Waals surface area contributed by atoms with Crippen molar-refractivity contribution in [2.75, 3.05) is 43.9 Å². The normalized spacial score (nSPS) is 23.4. The van der Waals surface area contributed by atoms with Crippen molar-refractivity contribution in [2.24, 2.45) is 23.2 Å². The van der Waals surface area contributed by atoms with Gasteiger partial charge in [-0.25, -0.2) is 4.98 Å². The lowest BCUT2D eigenvalue weighted by Gasteiger charge is -2.61. The van der Waals surface area contributed by atoms with Gasteiger partial charge in [-0.1, -0.05) is 19.1 Å². The molecule has 0 bridgehead atoms. The second-order valence-electron chi connectivity index (χ2n) is 17.6. The largest absolute Gasteiger partial charge is 0.494 e. The lowest BCUT2D eigenvalue weighted by atomic mass is 9.54. The van der Waals surface area contributed by atoms with Crippen molar-refractivity contribution in [3.8, 4) is 5.75 Å². The number of methoxy groups -OCH3 is 1. The van der Waals surface area contributed by atoms with E-state index in [0.29, 0.717) is 52.4 Å². The first kappa shape index (κ1) is 40.6. The summed E-state index contributed by atoms with van der Waals surface area (Å²) in [7, 11) is 1.45. The number of carbonyl (C=O) groups excluding carboxylic acids is 5. The van der Waals surface area contributed by atoms with Gasteiger partial charge in [-0.15, -0.1) is 0 Å². The average molecular weight is 841 g/mol. The number of anilines is 2. The fourth-order valence-electron chi connectivity index (χ4n) is 10.2. The number of ether oxygens (including phenoxy) is 1. The van der Waals surface area contributed by atoms with E-state index in [-0.39, 0.29) is 35.7 Å². The fraction of sp³-hybridized carbons (Fsp3) is 0.477. The standard InChI is InChI=1S/C44H47F3N8O6/c1-24(19-48-30-6-3-5-29-38(30)42(60)55(41(29)59)34-13-14-37(56)51-40(34)58)27-17-43(18-27)22-53(23-43)20-25-9-11-28(12-10-25)54-21-26-15-33(35(61-2)16-32(26)52-54)50-39(57)31-7-4-8-36(49-31)44(45,46)47/h3-8,15-16,21,24-25,27-28,34,48H,9-14,17-20,22-23H2,1-2H3,(H,50,57)(H,51,56,58)/t24-,25?,28?,34?/m1/s1. The number of alkyl halides is 3. The highest BCUT2D eigenvalue weighted by molar-refractivity contribution is 6.25. The van der Waals surface area contributed by atoms with Gasteiger partial charge in [0.25, 0.3) is 17.7 Å². The summed E-state index contributed by atoms with van der Waals surface area (Å²) in [6.07, 6.45) is 3.97. The molecule has 320 valence electrons. The van der Waals surface area contributed by atoms with Crippen LogP contribution in [0.2, 0.25) is 0 Å². The van der Waals surface area contributed by atoms with E-state index in [0.717, 1.165) is 80.6 Å². The molecule has 4 aromatic rings. The lowest BCUT2D eigenvalue weighted by molar-refractivity contribution is -0.141. The number of amides is 5. The van der Waals surface area contributed by atoms with Gasteiger partial charge >= 0.3 is 6.18 Å². The van der Waals surface area contributed by atoms with Crippen LogP contribution in [-0.4, -0.2) is 93.4 Å². The number of nitrogens with one attached hydrogen (secondary N) is 3. The van der Waals surface area contributed by atoms with E-state index in [9.17, 15) is 37.1 Å². The summed E-state index contributed by atoms with van der Waals surface area (Å²) in [6.45, 7) is 6.18. The summed E-state index contributed by atoms with van der Waals surface area (Å²) < 4.78 is 47.0. The number of benzene rings is 2. The maximum absolute atomic E-state index is 13.5. The van der Waals surface area contributed by atoms with Crippen LogP contribution in [0.5, 0.6) is 5.75 Å². The molecule has 1 spiro atoms. The van der Waals surface area contributed by atoms with Gasteiger partial charge in [0.05, 0.1) is 35.5 Å². The zero-order valence-electron chi connectivity index (χ0n) is 33.9. The molecule has 3 aliphatic heterocycles. The van der Waals surface area contributed by atoms with Gasteiger partial charge in [0.1, 0.15) is 23.2 Å². The summed E-state index contributed by atoms with van der Waals surface area (Å²) in [6, 6.07) is 11.0. The fourth-order valence-corrected chi connectivity index (χ4v) is 10.2. The topological polar surface area (TPSA) is 168 Å². The van der Waals surface area contributed by atoms with E-state index >= 15 is 0 Å². The molecule has 2 atom stereocenters. The Kier molecular flexibility index (Phi) is 10.4. The van der Waals surface area contributed by atoms with Gasteiger partial charge in [-0.2, -0.15) is 18.3 Å². The smallest absolute Gasteiger partial charge is 0.433 e. The van der Waals surface area contributed by atoms with Crippen LogP contribution < -0.4 is 20.7 Å². The Bertz CT molecular complexity index is 2430. The Balaban J connectivity index is 0.730. The third kappa shape index (κ3) is 7.72. The molecule has 17 heteroatoms. The molecule has 14 nitrogen and oxygen atoms in total. The molecule has 2 aromatic carbocycles. The first-order valence-electron chi connectivity index (χ1n) is 20.9. The molecular formula is C44H47F3N8O6. The number of carbonyl (C=O) groups is 5. The number of aromatic nitrogens is 3.